The first kappa shape index (κ1) is 26.0. The Morgan fingerprint density at radius 3 is 2.37 bits per heavy atom. The Kier molecular flexibility index (Phi) is 8.33. The molecule has 0 spiro atoms. The summed E-state index contributed by atoms with van der Waals surface area (Å²) in [5.74, 6) is 0.365. The Bertz CT molecular complexity index is 1190. The first-order valence-corrected chi connectivity index (χ1v) is 11.3. The highest BCUT2D eigenvalue weighted by Gasteiger charge is 2.30. The average Bonchev–Trinajstić information content (AvgIpc) is 2.80. The molecule has 0 aliphatic rings. The van der Waals surface area contributed by atoms with Crippen LogP contribution >= 0.6 is 0 Å². The second kappa shape index (κ2) is 11.2. The number of carbonyl (C=O) groups excluding carboxylic acids is 2. The summed E-state index contributed by atoms with van der Waals surface area (Å²) in [5, 5.41) is 0. The number of ether oxygens (including phenoxy) is 2. The Morgan fingerprint density at radius 2 is 1.71 bits per heavy atom. The molecule has 7 heteroatoms. The summed E-state index contributed by atoms with van der Waals surface area (Å²) < 4.78 is 24.2. The molecule has 0 heterocycles. The highest BCUT2D eigenvalue weighted by Crippen LogP contribution is 2.30. The van der Waals surface area contributed by atoms with Gasteiger partial charge in [-0.15, -0.1) is 0 Å². The lowest BCUT2D eigenvalue weighted by atomic mass is 9.90. The summed E-state index contributed by atoms with van der Waals surface area (Å²) in [5.41, 5.74) is 2.41. The van der Waals surface area contributed by atoms with Crippen LogP contribution in [-0.4, -0.2) is 37.3 Å². The van der Waals surface area contributed by atoms with Crippen molar-refractivity contribution in [3.63, 3.8) is 0 Å². The summed E-state index contributed by atoms with van der Waals surface area (Å²) in [4.78, 5) is 26.1. The van der Waals surface area contributed by atoms with Crippen molar-refractivity contribution in [2.45, 2.75) is 45.7 Å². The standard InChI is InChI=1S/C28H29BFNO4/c1-19(32)31(28(2,3)17-20-8-11-24(30)12-9-20)18-22-16-23(29)10-13-26(22)35-25-7-5-6-21(14-25)15-27(33)34-4/h5-14,16H,15,17-18H2,1-4H3. The van der Waals surface area contributed by atoms with Gasteiger partial charge < -0.3 is 14.4 Å². The van der Waals surface area contributed by atoms with Gasteiger partial charge in [-0.05, 0) is 61.7 Å². The quantitative estimate of drug-likeness (QED) is 0.339. The number of benzene rings is 3. The zero-order chi connectivity index (χ0) is 25.6. The van der Waals surface area contributed by atoms with Crippen LogP contribution in [0.25, 0.3) is 0 Å². The fraction of sp³-hybridized carbons (Fsp3) is 0.286. The van der Waals surface area contributed by atoms with Crippen LogP contribution in [0.15, 0.2) is 66.7 Å². The first-order chi connectivity index (χ1) is 16.6. The molecular weight excluding hydrogens is 444 g/mol. The molecule has 180 valence electrons. The van der Waals surface area contributed by atoms with Crippen molar-refractivity contribution in [2.75, 3.05) is 7.11 Å². The molecular formula is C28H29BFNO4. The minimum absolute atomic E-state index is 0.106. The number of amides is 1. The number of halogens is 1. The van der Waals surface area contributed by atoms with E-state index in [1.165, 1.54) is 26.2 Å². The van der Waals surface area contributed by atoms with Crippen LogP contribution in [0.1, 0.15) is 37.5 Å². The molecule has 0 aliphatic heterocycles. The van der Waals surface area contributed by atoms with Gasteiger partial charge in [-0.3, -0.25) is 9.59 Å². The lowest BCUT2D eigenvalue weighted by Gasteiger charge is -2.39. The van der Waals surface area contributed by atoms with E-state index in [2.05, 4.69) is 0 Å². The van der Waals surface area contributed by atoms with Crippen LogP contribution in [0.4, 0.5) is 4.39 Å². The maximum atomic E-state index is 13.3. The lowest BCUT2D eigenvalue weighted by molar-refractivity contribution is -0.139. The third-order valence-corrected chi connectivity index (χ3v) is 5.78. The van der Waals surface area contributed by atoms with Crippen molar-refractivity contribution in [3.05, 3.63) is 89.2 Å². The van der Waals surface area contributed by atoms with Gasteiger partial charge in [0.2, 0.25) is 5.91 Å². The van der Waals surface area contributed by atoms with Gasteiger partial charge in [-0.25, -0.2) is 4.39 Å². The number of hydrogen-bond acceptors (Lipinski definition) is 4. The molecule has 3 rings (SSSR count). The normalized spacial score (nSPS) is 11.1. The van der Waals surface area contributed by atoms with Gasteiger partial charge in [0.15, 0.2) is 0 Å². The molecule has 3 aromatic rings. The molecule has 0 N–H and O–H groups in total. The molecule has 2 radical (unpaired) electrons. The summed E-state index contributed by atoms with van der Waals surface area (Å²) >= 11 is 0. The van der Waals surface area contributed by atoms with Crippen molar-refractivity contribution >= 4 is 25.2 Å². The van der Waals surface area contributed by atoms with E-state index in [0.717, 1.165) is 16.7 Å². The van der Waals surface area contributed by atoms with Crippen molar-refractivity contribution in [1.82, 2.24) is 4.90 Å². The van der Waals surface area contributed by atoms with Crippen LogP contribution < -0.4 is 10.2 Å². The average molecular weight is 473 g/mol. The predicted molar refractivity (Wildman–Crippen MR) is 134 cm³/mol. The van der Waals surface area contributed by atoms with E-state index in [1.54, 1.807) is 53.4 Å². The molecule has 0 atom stereocenters. The molecule has 5 nitrogen and oxygen atoms in total. The van der Waals surface area contributed by atoms with Gasteiger partial charge in [0.1, 0.15) is 25.2 Å². The maximum absolute atomic E-state index is 13.3. The summed E-state index contributed by atoms with van der Waals surface area (Å²) in [6.07, 6.45) is 0.679. The SMILES string of the molecule is [B]c1ccc(Oc2cccc(CC(=O)OC)c2)c(CN(C(C)=O)C(C)(C)Cc2ccc(F)cc2)c1. The Balaban J connectivity index is 1.86. The second-order valence-corrected chi connectivity index (χ2v) is 9.09. The molecule has 0 bridgehead atoms. The van der Waals surface area contributed by atoms with E-state index in [0.29, 0.717) is 23.4 Å². The topological polar surface area (TPSA) is 55.8 Å². The third kappa shape index (κ3) is 7.19. The van der Waals surface area contributed by atoms with Crippen molar-refractivity contribution < 1.29 is 23.5 Å². The van der Waals surface area contributed by atoms with E-state index in [-0.39, 0.29) is 30.7 Å². The monoisotopic (exact) mass is 473 g/mol. The number of hydrogen-bond donors (Lipinski definition) is 0. The van der Waals surface area contributed by atoms with Crippen LogP contribution in [0.5, 0.6) is 11.5 Å². The van der Waals surface area contributed by atoms with Gasteiger partial charge in [0.05, 0.1) is 13.5 Å². The van der Waals surface area contributed by atoms with Crippen molar-refractivity contribution in [2.24, 2.45) is 0 Å². The molecule has 0 saturated heterocycles. The van der Waals surface area contributed by atoms with Gasteiger partial charge in [0, 0.05) is 24.6 Å². The molecule has 0 unspecified atom stereocenters. The van der Waals surface area contributed by atoms with Crippen LogP contribution in [0, 0.1) is 5.82 Å². The van der Waals surface area contributed by atoms with E-state index in [9.17, 15) is 14.0 Å². The number of rotatable bonds is 9. The molecule has 3 aromatic carbocycles. The Hall–Kier alpha value is -3.61. The highest BCUT2D eigenvalue weighted by molar-refractivity contribution is 6.32. The van der Waals surface area contributed by atoms with Gasteiger partial charge in [-0.1, -0.05) is 41.9 Å². The molecule has 35 heavy (non-hydrogen) atoms. The second-order valence-electron chi connectivity index (χ2n) is 9.09. The van der Waals surface area contributed by atoms with Crippen LogP contribution in [-0.2, 0) is 33.7 Å². The van der Waals surface area contributed by atoms with Crippen LogP contribution in [0.2, 0.25) is 0 Å². The fourth-order valence-corrected chi connectivity index (χ4v) is 4.03. The van der Waals surface area contributed by atoms with Gasteiger partial charge >= 0.3 is 5.97 Å². The summed E-state index contributed by atoms with van der Waals surface area (Å²) in [6, 6.07) is 18.8. The van der Waals surface area contributed by atoms with Crippen LogP contribution in [0.3, 0.4) is 0 Å². The first-order valence-electron chi connectivity index (χ1n) is 11.3. The maximum Gasteiger partial charge on any atom is 0.309 e. The number of esters is 1. The van der Waals surface area contributed by atoms with E-state index in [4.69, 9.17) is 17.3 Å². The molecule has 0 fully saturated rings. The Labute approximate surface area is 207 Å². The molecule has 0 aromatic heterocycles. The highest BCUT2D eigenvalue weighted by atomic mass is 19.1. The molecule has 0 saturated carbocycles. The number of nitrogens with zero attached hydrogens (tertiary/aromatic N) is 1. The largest absolute Gasteiger partial charge is 0.469 e. The lowest BCUT2D eigenvalue weighted by Crippen LogP contribution is -2.47. The minimum atomic E-state index is -0.564. The van der Waals surface area contributed by atoms with Crippen molar-refractivity contribution in [3.8, 4) is 11.5 Å². The smallest absolute Gasteiger partial charge is 0.309 e. The Morgan fingerprint density at radius 1 is 1.00 bits per heavy atom. The predicted octanol–water partition coefficient (Wildman–Crippen LogP) is 4.50. The van der Waals surface area contributed by atoms with Gasteiger partial charge in [0.25, 0.3) is 0 Å². The van der Waals surface area contributed by atoms with E-state index >= 15 is 0 Å². The van der Waals surface area contributed by atoms with E-state index < -0.39 is 5.54 Å². The van der Waals surface area contributed by atoms with Gasteiger partial charge in [-0.2, -0.15) is 0 Å². The zero-order valence-corrected chi connectivity index (χ0v) is 20.5. The zero-order valence-electron chi connectivity index (χ0n) is 20.5. The molecule has 1 amide bonds. The third-order valence-electron chi connectivity index (χ3n) is 5.78. The number of carbonyl (C=O) groups is 2. The summed E-state index contributed by atoms with van der Waals surface area (Å²) in [6.45, 7) is 5.74. The fourth-order valence-electron chi connectivity index (χ4n) is 4.03. The van der Waals surface area contributed by atoms with Crippen molar-refractivity contribution in [1.29, 1.82) is 0 Å². The minimum Gasteiger partial charge on any atom is -0.469 e. The summed E-state index contributed by atoms with van der Waals surface area (Å²) in [7, 11) is 7.42. The molecule has 0 aliphatic carbocycles. The van der Waals surface area contributed by atoms with E-state index in [1.807, 2.05) is 19.9 Å². The number of methoxy groups -OCH3 is 1.